The number of hydrogen-bond acceptors (Lipinski definition) is 13. The number of nitrogens with zero attached hydrogens (tertiary/aromatic N) is 5. The lowest BCUT2D eigenvalue weighted by Gasteiger charge is -2.47. The maximum atomic E-state index is 14.7. The van der Waals surface area contributed by atoms with Crippen LogP contribution in [0.3, 0.4) is 0 Å². The number of methoxy groups -OCH3 is 1. The van der Waals surface area contributed by atoms with Crippen LogP contribution in [0.1, 0.15) is 80.6 Å². The Kier molecular flexibility index (Phi) is 14.6. The number of amides is 1. The fraction of sp³-hybridized carbons (Fsp3) is 0.738. The molecule has 3 fully saturated rings. The number of hydrogen-bond donors (Lipinski definition) is 2. The molecule has 0 spiro atoms. The third-order valence-electron chi connectivity index (χ3n) is 12.8. The first-order valence-corrected chi connectivity index (χ1v) is 20.5. The summed E-state index contributed by atoms with van der Waals surface area (Å²) in [4.78, 5) is 54.7. The second-order valence-electron chi connectivity index (χ2n) is 17.0. The lowest BCUT2D eigenvalue weighted by Crippen LogP contribution is -2.60. The Balaban J connectivity index is 1.42. The van der Waals surface area contributed by atoms with Gasteiger partial charge in [0, 0.05) is 68.1 Å². The van der Waals surface area contributed by atoms with Crippen LogP contribution in [0.25, 0.3) is 11.3 Å². The molecule has 15 nitrogen and oxygen atoms in total. The molecule has 5 rings (SSSR count). The number of aliphatic hydroxyl groups is 2. The molecule has 5 heterocycles. The van der Waals surface area contributed by atoms with E-state index in [-0.39, 0.29) is 18.2 Å². The van der Waals surface area contributed by atoms with Gasteiger partial charge < -0.3 is 48.3 Å². The number of unbranched alkanes of at least 4 members (excludes halogenated alkanes) is 1. The predicted octanol–water partition coefficient (Wildman–Crippen LogP) is 4.33. The molecule has 0 bridgehead atoms. The van der Waals surface area contributed by atoms with Crippen molar-refractivity contribution < 1.29 is 48.3 Å². The smallest absolute Gasteiger partial charge is 0.410 e. The molecule has 2 aromatic rings. The van der Waals surface area contributed by atoms with Crippen molar-refractivity contribution in [2.24, 2.45) is 23.7 Å². The molecular formula is C42H65N5O10. The molecule has 2 unspecified atom stereocenters. The highest BCUT2D eigenvalue weighted by Gasteiger charge is 2.60. The van der Waals surface area contributed by atoms with E-state index in [1.807, 2.05) is 69.6 Å². The molecule has 2 N–H and O–H groups in total. The highest BCUT2D eigenvalue weighted by molar-refractivity contribution is 5.85. The fourth-order valence-electron chi connectivity index (χ4n) is 9.37. The zero-order valence-electron chi connectivity index (χ0n) is 35.4. The van der Waals surface area contributed by atoms with Crippen LogP contribution in [0.4, 0.5) is 4.79 Å². The lowest BCUT2D eigenvalue weighted by molar-refractivity contribution is -0.288. The van der Waals surface area contributed by atoms with Crippen LogP contribution in [-0.2, 0) is 39.8 Å². The number of ketones is 1. The van der Waals surface area contributed by atoms with Gasteiger partial charge in [-0.25, -0.2) is 9.78 Å². The summed E-state index contributed by atoms with van der Waals surface area (Å²) >= 11 is 0. The van der Waals surface area contributed by atoms with Gasteiger partial charge in [0.05, 0.1) is 48.4 Å². The normalized spacial score (nSPS) is 37.1. The van der Waals surface area contributed by atoms with Gasteiger partial charge in [0.2, 0.25) is 0 Å². The number of esters is 1. The number of aryl methyl sites for hydroxylation is 1. The molecular weight excluding hydrogens is 734 g/mol. The van der Waals surface area contributed by atoms with Crippen LogP contribution in [0.15, 0.2) is 37.1 Å². The van der Waals surface area contributed by atoms with E-state index in [0.29, 0.717) is 39.0 Å². The molecule has 1 amide bonds. The molecule has 57 heavy (non-hydrogen) atoms. The molecule has 0 radical (unpaired) electrons. The average Bonchev–Trinajstić information content (AvgIpc) is 3.77. The second-order valence-corrected chi connectivity index (χ2v) is 17.0. The molecule has 3 aliphatic heterocycles. The number of Topliss-reactive ketones (excluding diaryl/α,β-unsaturated/α-hetero) is 1. The summed E-state index contributed by atoms with van der Waals surface area (Å²) in [5.74, 6) is -3.90. The van der Waals surface area contributed by atoms with Crippen molar-refractivity contribution in [1.82, 2.24) is 24.3 Å². The molecule has 318 valence electrons. The summed E-state index contributed by atoms with van der Waals surface area (Å²) in [6, 6.07) is 2.82. The number of carbonyl (C=O) groups is 3. The minimum absolute atomic E-state index is 0.126. The van der Waals surface area contributed by atoms with Gasteiger partial charge in [0.1, 0.15) is 18.0 Å². The SMILES string of the molecule is CC[C@H]1OC(=O)[C@H](C)C(O)[C@H](C)[C@@H](O[C@@H]2OCC[C@H](N(C)C)[C@H]2O)[C@](C)(OC)C[C@@H](C)C(=O)[C@H](C)C2N(CCCCn3cnc(-c4cccnc4)c3)C(=O)O[C@@]21C. The molecule has 3 aliphatic rings. The Bertz CT molecular complexity index is 1660. The van der Waals surface area contributed by atoms with Crippen molar-refractivity contribution in [1.29, 1.82) is 0 Å². The minimum atomic E-state index is -1.37. The standard InChI is InChI=1S/C42H65N5O10/c1-11-32-42(7)36(47(40(52)57-42)19-13-12-18-46-23-30(44-24-46)29-15-14-17-43-22-29)26(3)33(48)25(2)21-41(6,53-10)37(27(4)34(49)28(5)38(51)55-32)56-39-35(50)31(45(8)9)16-20-54-39/h14-15,17,22-28,31-32,34-37,39,49-50H,11-13,16,18-21H2,1-10H3/t25-,26+,27+,28-,31+,32-,34?,35-,36?,37-,39+,41-,42-/m1/s1. The molecule has 3 saturated heterocycles. The van der Waals surface area contributed by atoms with Crippen LogP contribution in [-0.4, -0.2) is 141 Å². The molecule has 13 atom stereocenters. The Morgan fingerprint density at radius 1 is 1.04 bits per heavy atom. The van der Waals surface area contributed by atoms with E-state index in [9.17, 15) is 24.6 Å². The van der Waals surface area contributed by atoms with Gasteiger partial charge in [-0.05, 0) is 79.1 Å². The number of likely N-dealkylation sites (N-methyl/N-ethyl adjacent to an activating group) is 1. The van der Waals surface area contributed by atoms with Crippen LogP contribution in [0, 0.1) is 23.7 Å². The van der Waals surface area contributed by atoms with Crippen molar-refractivity contribution in [3.63, 3.8) is 0 Å². The van der Waals surface area contributed by atoms with E-state index in [1.165, 1.54) is 7.11 Å². The molecule has 2 aromatic heterocycles. The maximum Gasteiger partial charge on any atom is 0.410 e. The van der Waals surface area contributed by atoms with Crippen molar-refractivity contribution >= 4 is 17.8 Å². The first-order valence-electron chi connectivity index (χ1n) is 20.5. The predicted molar refractivity (Wildman–Crippen MR) is 211 cm³/mol. The number of carbonyl (C=O) groups excluding carboxylic acids is 3. The lowest BCUT2D eigenvalue weighted by atomic mass is 9.73. The number of pyridine rings is 1. The zero-order valence-corrected chi connectivity index (χ0v) is 35.4. The van der Waals surface area contributed by atoms with Gasteiger partial charge in [-0.3, -0.25) is 14.6 Å². The van der Waals surface area contributed by atoms with Crippen LogP contribution >= 0.6 is 0 Å². The number of aliphatic hydroxyl groups excluding tert-OH is 2. The van der Waals surface area contributed by atoms with Gasteiger partial charge in [0.25, 0.3) is 0 Å². The van der Waals surface area contributed by atoms with E-state index in [0.717, 1.165) is 17.7 Å². The fourth-order valence-corrected chi connectivity index (χ4v) is 9.37. The molecule has 15 heteroatoms. The number of aromatic nitrogens is 3. The third kappa shape index (κ3) is 9.39. The number of imidazole rings is 1. The van der Waals surface area contributed by atoms with Gasteiger partial charge in [-0.15, -0.1) is 0 Å². The van der Waals surface area contributed by atoms with E-state index < -0.39 is 83.7 Å². The van der Waals surface area contributed by atoms with Crippen molar-refractivity contribution in [2.75, 3.05) is 34.4 Å². The minimum Gasteiger partial charge on any atom is -0.458 e. The van der Waals surface area contributed by atoms with E-state index in [4.69, 9.17) is 23.7 Å². The Labute approximate surface area is 337 Å². The topological polar surface area (TPSA) is 175 Å². The molecule has 0 saturated carbocycles. The molecule has 0 aliphatic carbocycles. The van der Waals surface area contributed by atoms with Crippen LogP contribution in [0.5, 0.6) is 0 Å². The Morgan fingerprint density at radius 2 is 1.75 bits per heavy atom. The summed E-state index contributed by atoms with van der Waals surface area (Å²) in [5, 5.41) is 23.2. The zero-order chi connectivity index (χ0) is 41.8. The highest BCUT2D eigenvalue weighted by atomic mass is 16.7. The van der Waals surface area contributed by atoms with E-state index >= 15 is 0 Å². The van der Waals surface area contributed by atoms with Crippen LogP contribution < -0.4 is 0 Å². The van der Waals surface area contributed by atoms with Crippen molar-refractivity contribution in [3.05, 3.63) is 37.1 Å². The van der Waals surface area contributed by atoms with Gasteiger partial charge in [-0.1, -0.05) is 27.7 Å². The number of ether oxygens (including phenoxy) is 5. The summed E-state index contributed by atoms with van der Waals surface area (Å²) < 4.78 is 33.1. The van der Waals surface area contributed by atoms with Crippen molar-refractivity contribution in [2.45, 2.75) is 141 Å². The third-order valence-corrected chi connectivity index (χ3v) is 12.8. The van der Waals surface area contributed by atoms with E-state index in [2.05, 4.69) is 9.97 Å². The van der Waals surface area contributed by atoms with Gasteiger partial charge in [-0.2, -0.15) is 0 Å². The van der Waals surface area contributed by atoms with E-state index in [1.54, 1.807) is 44.4 Å². The first-order chi connectivity index (χ1) is 27.0. The number of rotatable bonds is 11. The van der Waals surface area contributed by atoms with Gasteiger partial charge in [0.15, 0.2) is 11.9 Å². The quantitative estimate of drug-likeness (QED) is 0.243. The first kappa shape index (κ1) is 44.6. The summed E-state index contributed by atoms with van der Waals surface area (Å²) in [7, 11) is 5.28. The monoisotopic (exact) mass is 799 g/mol. The highest BCUT2D eigenvalue weighted by Crippen LogP contribution is 2.43. The summed E-state index contributed by atoms with van der Waals surface area (Å²) in [6.45, 7) is 13.7. The average molecular weight is 800 g/mol. The second kappa shape index (κ2) is 18.6. The number of cyclic esters (lactones) is 1. The summed E-state index contributed by atoms with van der Waals surface area (Å²) in [6.07, 6.45) is 3.87. The maximum absolute atomic E-state index is 14.7. The Hall–Kier alpha value is -3.47. The Morgan fingerprint density at radius 3 is 2.40 bits per heavy atom. The summed E-state index contributed by atoms with van der Waals surface area (Å²) in [5.41, 5.74) is -0.823. The van der Waals surface area contributed by atoms with Crippen molar-refractivity contribution in [3.8, 4) is 11.3 Å². The van der Waals surface area contributed by atoms with Crippen LogP contribution in [0.2, 0.25) is 0 Å². The number of fused-ring (bicyclic) bond motifs is 1. The van der Waals surface area contributed by atoms with Gasteiger partial charge >= 0.3 is 12.1 Å². The largest absolute Gasteiger partial charge is 0.458 e. The molecule has 0 aromatic carbocycles.